The van der Waals surface area contributed by atoms with Crippen molar-refractivity contribution in [1.29, 1.82) is 0 Å². The van der Waals surface area contributed by atoms with Crippen LogP contribution in [-0.4, -0.2) is 18.1 Å². The SMILES string of the molecule is COC(=O)c1cc(N)c(Br)nc1C(F)F. The number of nitrogens with two attached hydrogens (primary N) is 1. The number of halogens is 3. The van der Waals surface area contributed by atoms with E-state index < -0.39 is 18.1 Å². The minimum atomic E-state index is -2.86. The lowest BCUT2D eigenvalue weighted by Gasteiger charge is -2.08. The highest BCUT2D eigenvalue weighted by Gasteiger charge is 2.22. The number of hydrogen-bond acceptors (Lipinski definition) is 4. The molecule has 0 unspecified atom stereocenters. The molecule has 2 N–H and O–H groups in total. The van der Waals surface area contributed by atoms with E-state index >= 15 is 0 Å². The minimum Gasteiger partial charge on any atom is -0.465 e. The Labute approximate surface area is 92.6 Å². The number of methoxy groups -OCH3 is 1. The second-order valence-corrected chi connectivity index (χ2v) is 3.34. The van der Waals surface area contributed by atoms with Crippen LogP contribution in [0, 0.1) is 0 Å². The topological polar surface area (TPSA) is 65.2 Å². The molecule has 1 rings (SSSR count). The Kier molecular flexibility index (Phi) is 3.57. The maximum Gasteiger partial charge on any atom is 0.340 e. The van der Waals surface area contributed by atoms with E-state index in [0.29, 0.717) is 0 Å². The fourth-order valence-electron chi connectivity index (χ4n) is 0.959. The molecule has 0 saturated carbocycles. The molecule has 0 amide bonds. The molecule has 0 radical (unpaired) electrons. The summed E-state index contributed by atoms with van der Waals surface area (Å²) in [4.78, 5) is 14.6. The number of esters is 1. The van der Waals surface area contributed by atoms with Gasteiger partial charge >= 0.3 is 5.97 Å². The normalized spacial score (nSPS) is 10.5. The van der Waals surface area contributed by atoms with E-state index in [1.54, 1.807) is 0 Å². The predicted octanol–water partition coefficient (Wildman–Crippen LogP) is 2.15. The number of nitrogen functional groups attached to an aromatic ring is 1. The smallest absolute Gasteiger partial charge is 0.340 e. The molecule has 0 aliphatic carbocycles. The average Bonchev–Trinajstić information content (AvgIpc) is 2.20. The van der Waals surface area contributed by atoms with Crippen LogP contribution in [0.5, 0.6) is 0 Å². The quantitative estimate of drug-likeness (QED) is 0.666. The molecule has 82 valence electrons. The molecule has 7 heteroatoms. The second-order valence-electron chi connectivity index (χ2n) is 2.59. The van der Waals surface area contributed by atoms with Gasteiger partial charge in [-0.3, -0.25) is 0 Å². The first-order valence-electron chi connectivity index (χ1n) is 3.79. The number of pyridine rings is 1. The van der Waals surface area contributed by atoms with Crippen LogP contribution < -0.4 is 5.73 Å². The second kappa shape index (κ2) is 4.52. The number of anilines is 1. The number of hydrogen-bond donors (Lipinski definition) is 1. The van der Waals surface area contributed by atoms with Crippen molar-refractivity contribution in [2.75, 3.05) is 12.8 Å². The molecule has 0 aliphatic heterocycles. The first-order chi connectivity index (χ1) is 6.97. The highest BCUT2D eigenvalue weighted by atomic mass is 79.9. The van der Waals surface area contributed by atoms with Gasteiger partial charge in [0.2, 0.25) is 0 Å². The molecule has 15 heavy (non-hydrogen) atoms. The number of ether oxygens (including phenoxy) is 1. The summed E-state index contributed by atoms with van der Waals surface area (Å²) < 4.78 is 29.4. The van der Waals surface area contributed by atoms with Crippen LogP contribution in [0.25, 0.3) is 0 Å². The van der Waals surface area contributed by atoms with Crippen molar-refractivity contribution in [3.63, 3.8) is 0 Å². The van der Waals surface area contributed by atoms with E-state index in [2.05, 4.69) is 25.7 Å². The Bertz CT molecular complexity index is 398. The van der Waals surface area contributed by atoms with Gasteiger partial charge in [-0.15, -0.1) is 0 Å². The number of aromatic nitrogens is 1. The molecule has 0 aliphatic rings. The predicted molar refractivity (Wildman–Crippen MR) is 52.6 cm³/mol. The van der Waals surface area contributed by atoms with E-state index in [9.17, 15) is 13.6 Å². The van der Waals surface area contributed by atoms with E-state index in [1.807, 2.05) is 0 Å². The largest absolute Gasteiger partial charge is 0.465 e. The summed E-state index contributed by atoms with van der Waals surface area (Å²) in [5.74, 6) is -0.892. The van der Waals surface area contributed by atoms with Crippen LogP contribution in [0.4, 0.5) is 14.5 Å². The Morgan fingerprint density at radius 3 is 2.73 bits per heavy atom. The molecular formula is C8H7BrF2N2O2. The number of carbonyl (C=O) groups excluding carboxylic acids is 1. The third kappa shape index (κ3) is 2.41. The maximum atomic E-state index is 12.5. The summed E-state index contributed by atoms with van der Waals surface area (Å²) in [5, 5.41) is 0. The zero-order valence-electron chi connectivity index (χ0n) is 7.63. The molecule has 4 nitrogen and oxygen atoms in total. The Morgan fingerprint density at radius 1 is 1.67 bits per heavy atom. The van der Waals surface area contributed by atoms with Crippen molar-refractivity contribution < 1.29 is 18.3 Å². The third-order valence-corrected chi connectivity index (χ3v) is 2.28. The molecule has 1 heterocycles. The van der Waals surface area contributed by atoms with Crippen molar-refractivity contribution in [2.24, 2.45) is 0 Å². The van der Waals surface area contributed by atoms with Gasteiger partial charge in [0.25, 0.3) is 6.43 Å². The van der Waals surface area contributed by atoms with Crippen LogP contribution in [0.15, 0.2) is 10.7 Å². The molecule has 0 atom stereocenters. The van der Waals surface area contributed by atoms with Crippen molar-refractivity contribution >= 4 is 27.6 Å². The Balaban J connectivity index is 3.34. The van der Waals surface area contributed by atoms with Gasteiger partial charge in [-0.1, -0.05) is 0 Å². The van der Waals surface area contributed by atoms with Crippen LogP contribution in [0.2, 0.25) is 0 Å². The van der Waals surface area contributed by atoms with Crippen LogP contribution >= 0.6 is 15.9 Å². The number of carbonyl (C=O) groups is 1. The lowest BCUT2D eigenvalue weighted by atomic mass is 10.2. The number of nitrogens with zero attached hydrogens (tertiary/aromatic N) is 1. The van der Waals surface area contributed by atoms with Crippen molar-refractivity contribution in [1.82, 2.24) is 4.98 Å². The molecule has 0 aromatic carbocycles. The standard InChI is InChI=1S/C8H7BrF2N2O2/c1-15-8(14)3-2-4(12)6(9)13-5(3)7(10)11/h2,7H,12H2,1H3. The van der Waals surface area contributed by atoms with Gasteiger partial charge in [0, 0.05) is 0 Å². The lowest BCUT2D eigenvalue weighted by Crippen LogP contribution is -2.10. The fraction of sp³-hybridized carbons (Fsp3) is 0.250. The summed E-state index contributed by atoms with van der Waals surface area (Å²) >= 11 is 2.90. The van der Waals surface area contributed by atoms with Gasteiger partial charge in [-0.25, -0.2) is 18.6 Å². The first-order valence-corrected chi connectivity index (χ1v) is 4.59. The Hall–Kier alpha value is -1.24. The van der Waals surface area contributed by atoms with Gasteiger partial charge in [0.15, 0.2) is 0 Å². The molecule has 0 bridgehead atoms. The zero-order valence-corrected chi connectivity index (χ0v) is 9.22. The summed E-state index contributed by atoms with van der Waals surface area (Å²) in [6.07, 6.45) is -2.86. The Morgan fingerprint density at radius 2 is 2.27 bits per heavy atom. The van der Waals surface area contributed by atoms with E-state index in [0.717, 1.165) is 13.2 Å². The van der Waals surface area contributed by atoms with Crippen molar-refractivity contribution in [3.8, 4) is 0 Å². The van der Waals surface area contributed by atoms with E-state index in [1.165, 1.54) is 0 Å². The zero-order chi connectivity index (χ0) is 11.6. The van der Waals surface area contributed by atoms with Gasteiger partial charge in [0.1, 0.15) is 10.3 Å². The summed E-state index contributed by atoms with van der Waals surface area (Å²) in [6.45, 7) is 0. The van der Waals surface area contributed by atoms with Crippen LogP contribution in [0.3, 0.4) is 0 Å². The number of rotatable bonds is 2. The highest BCUT2D eigenvalue weighted by Crippen LogP contribution is 2.27. The molecular weight excluding hydrogens is 274 g/mol. The van der Waals surface area contributed by atoms with Gasteiger partial charge in [0.05, 0.1) is 18.4 Å². The highest BCUT2D eigenvalue weighted by molar-refractivity contribution is 9.10. The van der Waals surface area contributed by atoms with Crippen LogP contribution in [0.1, 0.15) is 22.5 Å². The maximum absolute atomic E-state index is 12.5. The molecule has 0 spiro atoms. The molecule has 1 aromatic rings. The lowest BCUT2D eigenvalue weighted by molar-refractivity contribution is 0.0587. The van der Waals surface area contributed by atoms with Crippen LogP contribution in [-0.2, 0) is 4.74 Å². The molecule has 0 fully saturated rings. The summed E-state index contributed by atoms with van der Waals surface area (Å²) in [7, 11) is 1.09. The minimum absolute atomic E-state index is 0.0745. The van der Waals surface area contributed by atoms with Crippen molar-refractivity contribution in [3.05, 3.63) is 21.9 Å². The van der Waals surface area contributed by atoms with Gasteiger partial charge in [-0.05, 0) is 22.0 Å². The average molecular weight is 281 g/mol. The molecule has 1 aromatic heterocycles. The van der Waals surface area contributed by atoms with Crippen molar-refractivity contribution in [2.45, 2.75) is 6.43 Å². The van der Waals surface area contributed by atoms with E-state index in [4.69, 9.17) is 5.73 Å². The fourth-order valence-corrected chi connectivity index (χ4v) is 1.26. The molecule has 0 saturated heterocycles. The monoisotopic (exact) mass is 280 g/mol. The summed E-state index contributed by atoms with van der Waals surface area (Å²) in [5.41, 5.74) is 4.54. The summed E-state index contributed by atoms with van der Waals surface area (Å²) in [6, 6.07) is 1.10. The third-order valence-electron chi connectivity index (χ3n) is 1.64. The van der Waals surface area contributed by atoms with E-state index in [-0.39, 0.29) is 15.9 Å². The number of alkyl halides is 2. The first kappa shape index (κ1) is 11.8. The van der Waals surface area contributed by atoms with Gasteiger partial charge in [-0.2, -0.15) is 0 Å². The van der Waals surface area contributed by atoms with Gasteiger partial charge < -0.3 is 10.5 Å².